The molecule has 0 aliphatic carbocycles. The van der Waals surface area contributed by atoms with Gasteiger partial charge in [-0.05, 0) is 26.7 Å². The van der Waals surface area contributed by atoms with Crippen LogP contribution in [0.15, 0.2) is 11.6 Å². The van der Waals surface area contributed by atoms with Crippen LogP contribution in [0.2, 0.25) is 0 Å². The van der Waals surface area contributed by atoms with Gasteiger partial charge in [-0.25, -0.2) is 0 Å². The first-order chi connectivity index (χ1) is 6.93. The van der Waals surface area contributed by atoms with Crippen molar-refractivity contribution in [2.45, 2.75) is 52.6 Å². The van der Waals surface area contributed by atoms with Crippen LogP contribution < -0.4 is 5.32 Å². The second-order valence-electron chi connectivity index (χ2n) is 4.23. The summed E-state index contributed by atoms with van der Waals surface area (Å²) < 4.78 is 0. The van der Waals surface area contributed by atoms with Crippen LogP contribution in [0.25, 0.3) is 0 Å². The molecule has 0 aliphatic rings. The Labute approximate surface area is 92.6 Å². The summed E-state index contributed by atoms with van der Waals surface area (Å²) >= 11 is 0. The first-order valence-corrected chi connectivity index (χ1v) is 5.60. The third kappa shape index (κ3) is 6.28. The average molecular weight is 213 g/mol. The van der Waals surface area contributed by atoms with E-state index in [0.717, 1.165) is 12.8 Å². The van der Waals surface area contributed by atoms with E-state index in [1.165, 1.54) is 0 Å². The summed E-state index contributed by atoms with van der Waals surface area (Å²) in [5, 5.41) is 12.6. The predicted molar refractivity (Wildman–Crippen MR) is 62.6 cm³/mol. The number of aliphatic hydroxyl groups is 1. The quantitative estimate of drug-likeness (QED) is 0.663. The van der Waals surface area contributed by atoms with Crippen LogP contribution in [0.1, 0.15) is 47.0 Å². The van der Waals surface area contributed by atoms with Crippen LogP contribution in [0.3, 0.4) is 0 Å². The van der Waals surface area contributed by atoms with E-state index in [0.29, 0.717) is 18.5 Å². The van der Waals surface area contributed by atoms with E-state index in [-0.39, 0.29) is 5.91 Å². The fourth-order valence-electron chi connectivity index (χ4n) is 1.44. The molecular weight excluding hydrogens is 190 g/mol. The third-order valence-electron chi connectivity index (χ3n) is 2.29. The molecule has 3 nitrogen and oxygen atoms in total. The molecule has 1 unspecified atom stereocenters. The van der Waals surface area contributed by atoms with Crippen molar-refractivity contribution in [3.63, 3.8) is 0 Å². The van der Waals surface area contributed by atoms with E-state index in [2.05, 4.69) is 5.32 Å². The molecule has 3 heteroatoms. The van der Waals surface area contributed by atoms with Crippen LogP contribution in [0.4, 0.5) is 0 Å². The van der Waals surface area contributed by atoms with Crippen LogP contribution in [0, 0.1) is 0 Å². The van der Waals surface area contributed by atoms with Crippen molar-refractivity contribution in [1.82, 2.24) is 5.32 Å². The van der Waals surface area contributed by atoms with Gasteiger partial charge in [0.05, 0.1) is 5.60 Å². The number of allylic oxidation sites excluding steroid dienone is 1. The Bertz CT molecular complexity index is 232. The summed E-state index contributed by atoms with van der Waals surface area (Å²) in [6.45, 7) is 7.85. The number of amides is 1. The van der Waals surface area contributed by atoms with Crippen LogP contribution in [-0.4, -0.2) is 23.2 Å². The number of nitrogens with one attached hydrogen (secondary N) is 1. The van der Waals surface area contributed by atoms with Crippen molar-refractivity contribution in [2.24, 2.45) is 0 Å². The summed E-state index contributed by atoms with van der Waals surface area (Å²) in [5.41, 5.74) is -0.0820. The van der Waals surface area contributed by atoms with Gasteiger partial charge in [0.25, 0.3) is 0 Å². The SMILES string of the molecule is CCC=C(C)C(=O)NCC(C)(O)CCC. The van der Waals surface area contributed by atoms with Gasteiger partial charge in [-0.1, -0.05) is 26.3 Å². The van der Waals surface area contributed by atoms with Crippen molar-refractivity contribution in [3.8, 4) is 0 Å². The number of carbonyl (C=O) groups is 1. The maximum absolute atomic E-state index is 11.5. The van der Waals surface area contributed by atoms with Gasteiger partial charge in [-0.2, -0.15) is 0 Å². The second kappa shape index (κ2) is 6.62. The molecule has 15 heavy (non-hydrogen) atoms. The highest BCUT2D eigenvalue weighted by atomic mass is 16.3. The standard InChI is InChI=1S/C12H23NO2/c1-5-7-10(3)11(14)13-9-12(4,15)8-6-2/h7,15H,5-6,8-9H2,1-4H3,(H,13,14). The maximum atomic E-state index is 11.5. The minimum Gasteiger partial charge on any atom is -0.388 e. The molecule has 0 rings (SSSR count). The lowest BCUT2D eigenvalue weighted by Crippen LogP contribution is -2.40. The number of hydrogen-bond donors (Lipinski definition) is 2. The molecule has 0 heterocycles. The molecule has 1 atom stereocenters. The first-order valence-electron chi connectivity index (χ1n) is 5.60. The van der Waals surface area contributed by atoms with Crippen LogP contribution >= 0.6 is 0 Å². The molecule has 0 bridgehead atoms. The van der Waals surface area contributed by atoms with E-state index >= 15 is 0 Å². The molecule has 0 radical (unpaired) electrons. The predicted octanol–water partition coefficient (Wildman–Crippen LogP) is 2.01. The normalized spacial score (nSPS) is 15.9. The van der Waals surface area contributed by atoms with E-state index in [1.807, 2.05) is 19.9 Å². The largest absolute Gasteiger partial charge is 0.388 e. The number of rotatable bonds is 6. The van der Waals surface area contributed by atoms with Gasteiger partial charge in [-0.3, -0.25) is 4.79 Å². The van der Waals surface area contributed by atoms with Crippen LogP contribution in [-0.2, 0) is 4.79 Å². The molecule has 2 N–H and O–H groups in total. The number of carbonyl (C=O) groups excluding carboxylic acids is 1. The van der Waals surface area contributed by atoms with Gasteiger partial charge < -0.3 is 10.4 Å². The molecule has 88 valence electrons. The summed E-state index contributed by atoms with van der Waals surface area (Å²) in [7, 11) is 0. The average Bonchev–Trinajstić information content (AvgIpc) is 2.14. The minimum atomic E-state index is -0.795. The second-order valence-corrected chi connectivity index (χ2v) is 4.23. The third-order valence-corrected chi connectivity index (χ3v) is 2.29. The summed E-state index contributed by atoms with van der Waals surface area (Å²) in [6.07, 6.45) is 4.34. The summed E-state index contributed by atoms with van der Waals surface area (Å²) in [4.78, 5) is 11.5. The van der Waals surface area contributed by atoms with Gasteiger partial charge in [0, 0.05) is 12.1 Å². The Morgan fingerprint density at radius 1 is 1.47 bits per heavy atom. The Morgan fingerprint density at radius 3 is 2.53 bits per heavy atom. The highest BCUT2D eigenvalue weighted by Crippen LogP contribution is 2.10. The van der Waals surface area contributed by atoms with Crippen molar-refractivity contribution >= 4 is 5.91 Å². The Morgan fingerprint density at radius 2 is 2.07 bits per heavy atom. The smallest absolute Gasteiger partial charge is 0.246 e. The van der Waals surface area contributed by atoms with E-state index < -0.39 is 5.60 Å². The minimum absolute atomic E-state index is 0.0896. The molecule has 1 amide bonds. The lowest BCUT2D eigenvalue weighted by molar-refractivity contribution is -0.118. The van der Waals surface area contributed by atoms with Crippen LogP contribution in [0.5, 0.6) is 0 Å². The molecule has 0 aliphatic heterocycles. The maximum Gasteiger partial charge on any atom is 0.246 e. The lowest BCUT2D eigenvalue weighted by atomic mass is 10.0. The van der Waals surface area contributed by atoms with E-state index in [4.69, 9.17) is 0 Å². The van der Waals surface area contributed by atoms with Crippen molar-refractivity contribution < 1.29 is 9.90 Å². The van der Waals surface area contributed by atoms with Crippen molar-refractivity contribution in [3.05, 3.63) is 11.6 Å². The van der Waals surface area contributed by atoms with Crippen molar-refractivity contribution in [2.75, 3.05) is 6.54 Å². The van der Waals surface area contributed by atoms with E-state index in [9.17, 15) is 9.90 Å². The molecule has 0 spiro atoms. The monoisotopic (exact) mass is 213 g/mol. The summed E-state index contributed by atoms with van der Waals surface area (Å²) in [5.74, 6) is -0.0896. The summed E-state index contributed by atoms with van der Waals surface area (Å²) in [6, 6.07) is 0. The fourth-order valence-corrected chi connectivity index (χ4v) is 1.44. The molecule has 0 aromatic rings. The molecular formula is C12H23NO2. The zero-order chi connectivity index (χ0) is 11.9. The molecule has 0 fully saturated rings. The van der Waals surface area contributed by atoms with Gasteiger partial charge >= 0.3 is 0 Å². The Kier molecular flexibility index (Phi) is 6.25. The van der Waals surface area contributed by atoms with Gasteiger partial charge in [0.2, 0.25) is 5.91 Å². The highest BCUT2D eigenvalue weighted by molar-refractivity contribution is 5.92. The van der Waals surface area contributed by atoms with Gasteiger partial charge in [0.1, 0.15) is 0 Å². The zero-order valence-corrected chi connectivity index (χ0v) is 10.3. The lowest BCUT2D eigenvalue weighted by Gasteiger charge is -2.22. The zero-order valence-electron chi connectivity index (χ0n) is 10.3. The fraction of sp³-hybridized carbons (Fsp3) is 0.750. The Hall–Kier alpha value is -0.830. The van der Waals surface area contributed by atoms with Crippen molar-refractivity contribution in [1.29, 1.82) is 0 Å². The van der Waals surface area contributed by atoms with E-state index in [1.54, 1.807) is 13.8 Å². The molecule has 0 saturated carbocycles. The highest BCUT2D eigenvalue weighted by Gasteiger charge is 2.19. The molecule has 0 saturated heterocycles. The molecule has 0 aromatic heterocycles. The van der Waals surface area contributed by atoms with Gasteiger partial charge in [-0.15, -0.1) is 0 Å². The number of hydrogen-bond acceptors (Lipinski definition) is 2. The first kappa shape index (κ1) is 14.2. The topological polar surface area (TPSA) is 49.3 Å². The Balaban J connectivity index is 4.05. The molecule has 0 aromatic carbocycles. The van der Waals surface area contributed by atoms with Gasteiger partial charge in [0.15, 0.2) is 0 Å².